The van der Waals surface area contributed by atoms with Crippen molar-refractivity contribution in [1.82, 2.24) is 15.1 Å². The molecular formula is C23H17ClF2N4O4S. The summed E-state index contributed by atoms with van der Waals surface area (Å²) in [5.41, 5.74) is 0.761. The first-order valence-electron chi connectivity index (χ1n) is 10.3. The zero-order valence-corrected chi connectivity index (χ0v) is 19.9. The maximum absolute atomic E-state index is 13.5. The van der Waals surface area contributed by atoms with Crippen LogP contribution < -0.4 is 4.90 Å². The average molecular weight is 519 g/mol. The van der Waals surface area contributed by atoms with Gasteiger partial charge >= 0.3 is 5.97 Å². The normalized spacial score (nSPS) is 11.8. The number of carbonyl (C=O) groups is 2. The second kappa shape index (κ2) is 10.3. The standard InChI is InChI=1S/C23H17ClF2N4O4S/c1-3-33-22(32)12(2)30(16-9-7-14(25)8-10-16)23-27-19(24)18(35-23)17(31)21-28-20(29-34-21)13-5-4-6-15(26)11-13/h4-12H,3H2,1-2H3. The molecule has 0 aliphatic carbocycles. The number of hydrogen-bond acceptors (Lipinski definition) is 9. The Morgan fingerprint density at radius 2 is 1.89 bits per heavy atom. The van der Waals surface area contributed by atoms with E-state index in [1.165, 1.54) is 47.4 Å². The first-order valence-corrected chi connectivity index (χ1v) is 11.5. The molecule has 35 heavy (non-hydrogen) atoms. The molecule has 0 bridgehead atoms. The molecule has 2 aromatic carbocycles. The molecule has 8 nitrogen and oxygen atoms in total. The summed E-state index contributed by atoms with van der Waals surface area (Å²) in [4.78, 5) is 35.3. The summed E-state index contributed by atoms with van der Waals surface area (Å²) in [7, 11) is 0. The Kier molecular flexibility index (Phi) is 7.17. The molecule has 180 valence electrons. The lowest BCUT2D eigenvalue weighted by Crippen LogP contribution is -2.36. The van der Waals surface area contributed by atoms with Gasteiger partial charge in [-0.3, -0.25) is 4.79 Å². The van der Waals surface area contributed by atoms with E-state index in [-0.39, 0.29) is 33.5 Å². The minimum absolute atomic E-state index is 0.0146. The number of hydrogen-bond donors (Lipinski definition) is 0. The first-order chi connectivity index (χ1) is 16.8. The Balaban J connectivity index is 1.68. The number of anilines is 2. The van der Waals surface area contributed by atoms with Crippen molar-refractivity contribution in [2.24, 2.45) is 0 Å². The number of nitrogens with zero attached hydrogens (tertiary/aromatic N) is 4. The maximum Gasteiger partial charge on any atom is 0.328 e. The molecule has 1 atom stereocenters. The summed E-state index contributed by atoms with van der Waals surface area (Å²) in [6, 6.07) is 10.0. The van der Waals surface area contributed by atoms with E-state index in [0.717, 1.165) is 11.3 Å². The van der Waals surface area contributed by atoms with Crippen molar-refractivity contribution in [3.05, 3.63) is 76.1 Å². The molecule has 0 fully saturated rings. The number of halogens is 3. The number of ketones is 1. The van der Waals surface area contributed by atoms with E-state index in [9.17, 15) is 18.4 Å². The van der Waals surface area contributed by atoms with Gasteiger partial charge in [-0.05, 0) is 50.2 Å². The second-order valence-electron chi connectivity index (χ2n) is 7.15. The van der Waals surface area contributed by atoms with Gasteiger partial charge in [0.05, 0.1) is 6.61 Å². The van der Waals surface area contributed by atoms with Gasteiger partial charge < -0.3 is 14.2 Å². The zero-order chi connectivity index (χ0) is 25.1. The third-order valence-electron chi connectivity index (χ3n) is 4.81. The maximum atomic E-state index is 13.5. The molecule has 0 radical (unpaired) electrons. The van der Waals surface area contributed by atoms with Crippen LogP contribution in [0.15, 0.2) is 53.1 Å². The minimum Gasteiger partial charge on any atom is -0.464 e. The van der Waals surface area contributed by atoms with Gasteiger partial charge in [0.25, 0.3) is 11.7 Å². The SMILES string of the molecule is CCOC(=O)C(C)N(c1ccc(F)cc1)c1nc(Cl)c(C(=O)c2nc(-c3cccc(F)c3)no2)s1. The van der Waals surface area contributed by atoms with Gasteiger partial charge in [0.15, 0.2) is 10.3 Å². The van der Waals surface area contributed by atoms with Crippen LogP contribution in [-0.2, 0) is 9.53 Å². The van der Waals surface area contributed by atoms with E-state index in [0.29, 0.717) is 11.3 Å². The van der Waals surface area contributed by atoms with Crippen molar-refractivity contribution in [3.63, 3.8) is 0 Å². The highest BCUT2D eigenvalue weighted by Crippen LogP contribution is 2.37. The molecule has 0 aliphatic rings. The van der Waals surface area contributed by atoms with Crippen molar-refractivity contribution in [3.8, 4) is 11.4 Å². The Hall–Kier alpha value is -3.70. The molecule has 0 saturated heterocycles. The van der Waals surface area contributed by atoms with Gasteiger partial charge in [0.1, 0.15) is 22.6 Å². The highest BCUT2D eigenvalue weighted by atomic mass is 35.5. The second-order valence-corrected chi connectivity index (χ2v) is 8.49. The number of ether oxygens (including phenoxy) is 1. The molecule has 1 unspecified atom stereocenters. The predicted octanol–water partition coefficient (Wildman–Crippen LogP) is 5.45. The monoisotopic (exact) mass is 518 g/mol. The highest BCUT2D eigenvalue weighted by molar-refractivity contribution is 7.18. The van der Waals surface area contributed by atoms with Crippen LogP contribution in [0.2, 0.25) is 5.15 Å². The molecule has 0 amide bonds. The van der Waals surface area contributed by atoms with Crippen LogP contribution in [0.3, 0.4) is 0 Å². The van der Waals surface area contributed by atoms with E-state index >= 15 is 0 Å². The predicted molar refractivity (Wildman–Crippen MR) is 125 cm³/mol. The molecule has 0 aliphatic heterocycles. The summed E-state index contributed by atoms with van der Waals surface area (Å²) >= 11 is 7.16. The minimum atomic E-state index is -0.867. The topological polar surface area (TPSA) is 98.4 Å². The Morgan fingerprint density at radius 1 is 1.14 bits per heavy atom. The Morgan fingerprint density at radius 3 is 2.57 bits per heavy atom. The third-order valence-corrected chi connectivity index (χ3v) is 6.25. The summed E-state index contributed by atoms with van der Waals surface area (Å²) in [6.45, 7) is 3.42. The van der Waals surface area contributed by atoms with E-state index in [4.69, 9.17) is 20.9 Å². The molecule has 2 aromatic heterocycles. The lowest BCUT2D eigenvalue weighted by atomic mass is 10.2. The Bertz CT molecular complexity index is 1380. The molecule has 2 heterocycles. The molecule has 4 aromatic rings. The largest absolute Gasteiger partial charge is 0.464 e. The molecule has 0 spiro atoms. The number of thiazole rings is 1. The van der Waals surface area contributed by atoms with Gasteiger partial charge in [0, 0.05) is 11.3 Å². The molecule has 0 N–H and O–H groups in total. The smallest absolute Gasteiger partial charge is 0.328 e. The molecule has 4 rings (SSSR count). The number of rotatable bonds is 8. The van der Waals surface area contributed by atoms with Crippen LogP contribution in [0, 0.1) is 11.6 Å². The first kappa shape index (κ1) is 24.4. The third kappa shape index (κ3) is 5.20. The summed E-state index contributed by atoms with van der Waals surface area (Å²) in [5.74, 6) is -2.54. The lowest BCUT2D eigenvalue weighted by Gasteiger charge is -2.27. The molecule has 12 heteroatoms. The fraction of sp³-hybridized carbons (Fsp3) is 0.174. The van der Waals surface area contributed by atoms with Gasteiger partial charge in [-0.1, -0.05) is 40.2 Å². The van der Waals surface area contributed by atoms with Crippen LogP contribution in [0.1, 0.15) is 29.4 Å². The van der Waals surface area contributed by atoms with Gasteiger partial charge in [-0.25, -0.2) is 18.6 Å². The lowest BCUT2D eigenvalue weighted by molar-refractivity contribution is -0.144. The van der Waals surface area contributed by atoms with Crippen LogP contribution >= 0.6 is 22.9 Å². The zero-order valence-electron chi connectivity index (χ0n) is 18.4. The van der Waals surface area contributed by atoms with Crippen LogP contribution in [0.4, 0.5) is 19.6 Å². The van der Waals surface area contributed by atoms with Crippen LogP contribution in [0.5, 0.6) is 0 Å². The average Bonchev–Trinajstić information content (AvgIpc) is 3.47. The highest BCUT2D eigenvalue weighted by Gasteiger charge is 2.31. The van der Waals surface area contributed by atoms with Gasteiger partial charge in [-0.2, -0.15) is 4.98 Å². The number of benzene rings is 2. The number of aromatic nitrogens is 3. The van der Waals surface area contributed by atoms with Crippen molar-refractivity contribution < 1.29 is 27.6 Å². The number of esters is 1. The van der Waals surface area contributed by atoms with E-state index in [2.05, 4.69) is 15.1 Å². The molecular weight excluding hydrogens is 502 g/mol. The quantitative estimate of drug-likeness (QED) is 0.224. The van der Waals surface area contributed by atoms with Crippen LogP contribution in [-0.4, -0.2) is 39.5 Å². The van der Waals surface area contributed by atoms with E-state index < -0.39 is 29.4 Å². The van der Waals surface area contributed by atoms with Crippen molar-refractivity contribution in [2.45, 2.75) is 19.9 Å². The van der Waals surface area contributed by atoms with Gasteiger partial charge in [-0.15, -0.1) is 0 Å². The summed E-state index contributed by atoms with van der Waals surface area (Å²) in [5, 5.41) is 3.77. The summed E-state index contributed by atoms with van der Waals surface area (Å²) < 4.78 is 37.2. The van der Waals surface area contributed by atoms with Crippen LogP contribution in [0.25, 0.3) is 11.4 Å². The van der Waals surface area contributed by atoms with Gasteiger partial charge in [0.2, 0.25) is 5.82 Å². The fourth-order valence-electron chi connectivity index (χ4n) is 3.16. The molecule has 0 saturated carbocycles. The Labute approximate surface area is 207 Å². The van der Waals surface area contributed by atoms with Crippen molar-refractivity contribution >= 4 is 45.5 Å². The van der Waals surface area contributed by atoms with E-state index in [1.54, 1.807) is 19.9 Å². The summed E-state index contributed by atoms with van der Waals surface area (Å²) in [6.07, 6.45) is 0. The van der Waals surface area contributed by atoms with Crippen molar-refractivity contribution in [2.75, 3.05) is 11.5 Å². The number of carbonyl (C=O) groups excluding carboxylic acids is 2. The van der Waals surface area contributed by atoms with E-state index in [1.807, 2.05) is 0 Å². The fourth-order valence-corrected chi connectivity index (χ4v) is 4.48. The van der Waals surface area contributed by atoms with Crippen molar-refractivity contribution in [1.29, 1.82) is 0 Å².